The van der Waals surface area contributed by atoms with E-state index in [2.05, 4.69) is 20.6 Å². The molecule has 2 aromatic heterocycles. The summed E-state index contributed by atoms with van der Waals surface area (Å²) in [5.41, 5.74) is -2.05. The molecule has 0 radical (unpaired) electrons. The van der Waals surface area contributed by atoms with Crippen molar-refractivity contribution in [3.05, 3.63) is 75.8 Å². The number of ether oxygens (including phenoxy) is 4. The molecule has 0 unspecified atom stereocenters. The molecule has 0 aliphatic carbocycles. The first-order valence-corrected chi connectivity index (χ1v) is 21.2. The van der Waals surface area contributed by atoms with E-state index in [1.807, 2.05) is 13.8 Å². The predicted molar refractivity (Wildman–Crippen MR) is 207 cm³/mol. The fraction of sp³-hybridized carbons (Fsp3) is 0.622. The van der Waals surface area contributed by atoms with Crippen LogP contribution in [0.3, 0.4) is 0 Å². The fourth-order valence-electron chi connectivity index (χ4n) is 6.83. The molecule has 3 fully saturated rings. The SMILES string of the molecule is CCCCNc1ccn([C@@H]2O[C@H](COP(=O)(OC[C@H]3O[C@@H](n4ccc(NCCCC)nc4=O)C(F)(F)[C@@H]3O)N(c3ccccc3)[C@@H](C)C3OCCO3)[C@@H](O)C2(F)F)c(=O)n1. The first-order valence-electron chi connectivity index (χ1n) is 19.7. The molecule has 332 valence electrons. The van der Waals surface area contributed by atoms with E-state index in [0.29, 0.717) is 22.2 Å². The number of hydrogen-bond acceptors (Lipinski definition) is 15. The van der Waals surface area contributed by atoms with Crippen LogP contribution in [0.15, 0.2) is 64.4 Å². The van der Waals surface area contributed by atoms with Crippen LogP contribution in [0.25, 0.3) is 0 Å². The van der Waals surface area contributed by atoms with E-state index in [4.69, 9.17) is 28.0 Å². The summed E-state index contributed by atoms with van der Waals surface area (Å²) in [4.78, 5) is 33.4. The van der Waals surface area contributed by atoms with Gasteiger partial charge in [-0.3, -0.25) is 22.9 Å². The van der Waals surface area contributed by atoms with Crippen LogP contribution in [0.1, 0.15) is 58.9 Å². The number of nitrogens with zero attached hydrogens (tertiary/aromatic N) is 5. The standard InChI is InChI=1S/C37H50F4N7O11P/c1-4-6-15-42-27-13-17-46(34(51)44-27)32-36(38,39)29(49)25(58-32)21-56-60(53,48(24-11-9-8-10-12-24)23(3)31-54-19-20-55-31)57-22-26-30(50)37(40,41)33(59-26)47-18-14-28(45-35(47)52)43-16-7-5-2/h8-14,17-18,23,25-26,29-33,49-50H,4-7,15-16,19-22H2,1-3H3,(H,42,44,51)(H,43,45,52)/t23-,25+,26+,29+,30+,32+,33+/m0/s1. The number of anilines is 3. The van der Waals surface area contributed by atoms with Gasteiger partial charge < -0.3 is 39.8 Å². The number of rotatable bonds is 20. The van der Waals surface area contributed by atoms with Crippen molar-refractivity contribution >= 4 is 25.1 Å². The molecule has 0 amide bonds. The van der Waals surface area contributed by atoms with E-state index in [0.717, 1.165) is 42.7 Å². The largest absolute Gasteiger partial charge is 0.435 e. The molecule has 3 aliphatic rings. The summed E-state index contributed by atoms with van der Waals surface area (Å²) >= 11 is 0. The monoisotopic (exact) mass is 875 g/mol. The van der Waals surface area contributed by atoms with Gasteiger partial charge >= 0.3 is 31.0 Å². The maximum Gasteiger partial charge on any atom is 0.435 e. The average molecular weight is 876 g/mol. The van der Waals surface area contributed by atoms with Crippen LogP contribution in [-0.4, -0.2) is 117 Å². The Hall–Kier alpha value is -3.99. The van der Waals surface area contributed by atoms with Crippen molar-refractivity contribution in [3.8, 4) is 0 Å². The van der Waals surface area contributed by atoms with Crippen LogP contribution in [-0.2, 0) is 32.6 Å². The Labute approximate surface area is 342 Å². The van der Waals surface area contributed by atoms with E-state index in [1.54, 1.807) is 18.2 Å². The van der Waals surface area contributed by atoms with Crippen LogP contribution >= 0.6 is 7.75 Å². The average Bonchev–Trinajstić information content (AvgIpc) is 3.90. The molecular weight excluding hydrogens is 825 g/mol. The zero-order chi connectivity index (χ0) is 43.2. The quantitative estimate of drug-likeness (QED) is 0.0715. The maximum atomic E-state index is 15.7. The number of benzene rings is 1. The second kappa shape index (κ2) is 19.4. The van der Waals surface area contributed by atoms with Gasteiger partial charge in [0, 0.05) is 31.2 Å². The number of para-hydroxylation sites is 1. The molecule has 3 aliphatic heterocycles. The van der Waals surface area contributed by atoms with Gasteiger partial charge in [-0.05, 0) is 44.0 Å². The molecule has 6 rings (SSSR count). The van der Waals surface area contributed by atoms with Crippen molar-refractivity contribution < 1.29 is 60.3 Å². The second-order valence-corrected chi connectivity index (χ2v) is 16.3. The van der Waals surface area contributed by atoms with Crippen molar-refractivity contribution in [2.45, 2.75) is 108 Å². The van der Waals surface area contributed by atoms with E-state index >= 15 is 22.1 Å². The van der Waals surface area contributed by atoms with Gasteiger partial charge in [0.25, 0.3) is 0 Å². The minimum Gasteiger partial charge on any atom is -0.384 e. The molecule has 23 heteroatoms. The van der Waals surface area contributed by atoms with Crippen molar-refractivity contribution in [2.24, 2.45) is 0 Å². The van der Waals surface area contributed by atoms with Crippen LogP contribution < -0.4 is 26.7 Å². The molecule has 0 bridgehead atoms. The summed E-state index contributed by atoms with van der Waals surface area (Å²) in [5, 5.41) is 27.5. The minimum atomic E-state index is -5.02. The van der Waals surface area contributed by atoms with Gasteiger partial charge in [0.1, 0.15) is 23.8 Å². The van der Waals surface area contributed by atoms with Gasteiger partial charge in [0.05, 0.1) is 32.5 Å². The second-order valence-electron chi connectivity index (χ2n) is 14.4. The molecule has 3 saturated heterocycles. The maximum absolute atomic E-state index is 15.7. The van der Waals surface area contributed by atoms with Gasteiger partial charge in [-0.25, -0.2) is 14.2 Å². The number of alkyl halides is 4. The molecule has 4 N–H and O–H groups in total. The predicted octanol–water partition coefficient (Wildman–Crippen LogP) is 4.12. The lowest BCUT2D eigenvalue weighted by Crippen LogP contribution is -2.44. The molecule has 0 spiro atoms. The van der Waals surface area contributed by atoms with Gasteiger partial charge in [-0.2, -0.15) is 27.5 Å². The summed E-state index contributed by atoms with van der Waals surface area (Å²) in [6.45, 7) is 4.63. The Balaban J connectivity index is 1.26. The molecule has 5 heterocycles. The molecular formula is C37H50F4N7O11P. The van der Waals surface area contributed by atoms with Gasteiger partial charge in [-0.15, -0.1) is 0 Å². The summed E-state index contributed by atoms with van der Waals surface area (Å²) in [6, 6.07) is 9.36. The lowest BCUT2D eigenvalue weighted by atomic mass is 10.1. The number of halogens is 4. The summed E-state index contributed by atoms with van der Waals surface area (Å²) in [6.07, 6.45) is -9.58. The lowest BCUT2D eigenvalue weighted by Gasteiger charge is -2.38. The zero-order valence-electron chi connectivity index (χ0n) is 33.1. The van der Waals surface area contributed by atoms with E-state index < -0.39 is 93.4 Å². The van der Waals surface area contributed by atoms with Crippen LogP contribution in [0.5, 0.6) is 0 Å². The molecule has 18 nitrogen and oxygen atoms in total. The Morgan fingerprint density at radius 3 is 1.68 bits per heavy atom. The number of hydrogen-bond donors (Lipinski definition) is 4. The normalized spacial score (nSPS) is 25.7. The highest BCUT2D eigenvalue weighted by Crippen LogP contribution is 2.58. The Kier molecular flexibility index (Phi) is 14.7. The topological polar surface area (TPSA) is 210 Å². The third kappa shape index (κ3) is 9.71. The van der Waals surface area contributed by atoms with Gasteiger partial charge in [-0.1, -0.05) is 44.9 Å². The Bertz CT molecular complexity index is 1940. The first-order chi connectivity index (χ1) is 28.6. The van der Waals surface area contributed by atoms with Crippen LogP contribution in [0, 0.1) is 0 Å². The molecule has 1 aromatic carbocycles. The highest BCUT2D eigenvalue weighted by atomic mass is 31.2. The Morgan fingerprint density at radius 1 is 0.817 bits per heavy atom. The molecule has 7 atom stereocenters. The van der Waals surface area contributed by atoms with Gasteiger partial charge in [0.2, 0.25) is 12.5 Å². The van der Waals surface area contributed by atoms with Crippen molar-refractivity contribution in [2.75, 3.05) is 54.8 Å². The molecule has 3 aromatic rings. The summed E-state index contributed by atoms with van der Waals surface area (Å²) < 4.78 is 114. The van der Waals surface area contributed by atoms with Crippen LogP contribution in [0.2, 0.25) is 0 Å². The summed E-state index contributed by atoms with van der Waals surface area (Å²) in [5.74, 6) is -7.91. The van der Waals surface area contributed by atoms with E-state index in [1.165, 1.54) is 31.2 Å². The number of aromatic nitrogens is 4. The molecule has 60 heavy (non-hydrogen) atoms. The van der Waals surface area contributed by atoms with Crippen molar-refractivity contribution in [1.29, 1.82) is 0 Å². The minimum absolute atomic E-state index is 0.145. The number of unbranched alkanes of at least 4 members (excludes halogenated alkanes) is 2. The third-order valence-electron chi connectivity index (χ3n) is 10.1. The number of aliphatic hydroxyl groups is 2. The summed E-state index contributed by atoms with van der Waals surface area (Å²) in [7, 11) is -5.02. The molecule has 0 saturated carbocycles. The van der Waals surface area contributed by atoms with E-state index in [-0.39, 0.29) is 30.5 Å². The third-order valence-corrected chi connectivity index (χ3v) is 12.2. The van der Waals surface area contributed by atoms with E-state index in [9.17, 15) is 19.8 Å². The van der Waals surface area contributed by atoms with Crippen molar-refractivity contribution in [1.82, 2.24) is 19.1 Å². The highest BCUT2D eigenvalue weighted by Gasteiger charge is 2.62. The van der Waals surface area contributed by atoms with Crippen LogP contribution in [0.4, 0.5) is 34.9 Å². The fourth-order valence-corrected chi connectivity index (χ4v) is 8.79. The van der Waals surface area contributed by atoms with Gasteiger partial charge in [0.15, 0.2) is 18.5 Å². The number of aliphatic hydroxyl groups excluding tert-OH is 2. The first kappa shape index (κ1) is 45.5. The zero-order valence-corrected chi connectivity index (χ0v) is 34.0. The van der Waals surface area contributed by atoms with Crippen molar-refractivity contribution in [3.63, 3.8) is 0 Å². The smallest absolute Gasteiger partial charge is 0.384 e. The Morgan fingerprint density at radius 2 is 1.27 bits per heavy atom. The highest BCUT2D eigenvalue weighted by molar-refractivity contribution is 7.55. The number of nitrogens with one attached hydrogen (secondary N) is 2. The lowest BCUT2D eigenvalue weighted by molar-refractivity contribution is -0.140.